The van der Waals surface area contributed by atoms with E-state index in [9.17, 15) is 0 Å². The lowest BCUT2D eigenvalue weighted by atomic mass is 10.1. The second-order valence-electron chi connectivity index (χ2n) is 5.07. The first kappa shape index (κ1) is 13.8. The standard InChI is InChI=1S/C15H19N3O3/c1-11(8-18-4-3-16-9-18)17-7-12-5-13(19-2)15-14(6-12)20-10-21-15/h3-6,9,11,17H,7-8,10H2,1-2H3/t11-/m0/s1. The number of imidazole rings is 1. The zero-order valence-electron chi connectivity index (χ0n) is 12.2. The quantitative estimate of drug-likeness (QED) is 0.878. The first-order chi connectivity index (χ1) is 10.3. The Morgan fingerprint density at radius 3 is 3.10 bits per heavy atom. The Hall–Kier alpha value is -2.21. The molecule has 112 valence electrons. The summed E-state index contributed by atoms with van der Waals surface area (Å²) in [5.74, 6) is 2.14. The number of hydrogen-bond donors (Lipinski definition) is 1. The summed E-state index contributed by atoms with van der Waals surface area (Å²) in [4.78, 5) is 4.04. The summed E-state index contributed by atoms with van der Waals surface area (Å²) in [6.07, 6.45) is 5.57. The van der Waals surface area contributed by atoms with Crippen molar-refractivity contribution in [2.24, 2.45) is 0 Å². The van der Waals surface area contributed by atoms with Crippen LogP contribution in [0.3, 0.4) is 0 Å². The molecule has 1 aliphatic rings. The van der Waals surface area contributed by atoms with Crippen LogP contribution in [0.5, 0.6) is 17.2 Å². The summed E-state index contributed by atoms with van der Waals surface area (Å²) in [6, 6.07) is 4.29. The van der Waals surface area contributed by atoms with Crippen molar-refractivity contribution in [2.45, 2.75) is 26.1 Å². The number of hydrogen-bond acceptors (Lipinski definition) is 5. The van der Waals surface area contributed by atoms with Crippen molar-refractivity contribution in [3.8, 4) is 17.2 Å². The topological polar surface area (TPSA) is 57.5 Å². The van der Waals surface area contributed by atoms with E-state index < -0.39 is 0 Å². The van der Waals surface area contributed by atoms with Crippen LogP contribution >= 0.6 is 0 Å². The molecule has 3 rings (SSSR count). The minimum absolute atomic E-state index is 0.250. The zero-order valence-corrected chi connectivity index (χ0v) is 12.2. The van der Waals surface area contributed by atoms with Crippen LogP contribution in [0.2, 0.25) is 0 Å². The predicted molar refractivity (Wildman–Crippen MR) is 77.6 cm³/mol. The first-order valence-corrected chi connectivity index (χ1v) is 6.92. The molecule has 6 nitrogen and oxygen atoms in total. The van der Waals surface area contributed by atoms with Gasteiger partial charge in [-0.3, -0.25) is 0 Å². The molecule has 1 aromatic carbocycles. The van der Waals surface area contributed by atoms with Crippen molar-refractivity contribution in [3.05, 3.63) is 36.4 Å². The highest BCUT2D eigenvalue weighted by Gasteiger charge is 2.20. The average molecular weight is 289 g/mol. The van der Waals surface area contributed by atoms with Crippen LogP contribution in [0.25, 0.3) is 0 Å². The summed E-state index contributed by atoms with van der Waals surface area (Å²) >= 11 is 0. The smallest absolute Gasteiger partial charge is 0.231 e. The second kappa shape index (κ2) is 6.05. The van der Waals surface area contributed by atoms with Crippen molar-refractivity contribution in [1.82, 2.24) is 14.9 Å². The summed E-state index contributed by atoms with van der Waals surface area (Å²) in [5.41, 5.74) is 1.11. The molecule has 0 amide bonds. The van der Waals surface area contributed by atoms with Gasteiger partial charge in [0.25, 0.3) is 0 Å². The molecule has 0 fully saturated rings. The fraction of sp³-hybridized carbons (Fsp3) is 0.400. The molecule has 1 atom stereocenters. The van der Waals surface area contributed by atoms with Crippen LogP contribution < -0.4 is 19.5 Å². The van der Waals surface area contributed by atoms with Gasteiger partial charge in [0.1, 0.15) is 0 Å². The Morgan fingerprint density at radius 1 is 1.43 bits per heavy atom. The molecule has 2 heterocycles. The van der Waals surface area contributed by atoms with Crippen LogP contribution in [0, 0.1) is 0 Å². The number of ether oxygens (including phenoxy) is 3. The molecule has 0 unspecified atom stereocenters. The molecule has 1 aliphatic heterocycles. The van der Waals surface area contributed by atoms with Crippen molar-refractivity contribution >= 4 is 0 Å². The minimum Gasteiger partial charge on any atom is -0.493 e. The number of nitrogens with one attached hydrogen (secondary N) is 1. The normalized spacial score (nSPS) is 14.2. The Morgan fingerprint density at radius 2 is 2.33 bits per heavy atom. The second-order valence-corrected chi connectivity index (χ2v) is 5.07. The van der Waals surface area contributed by atoms with Crippen LogP contribution in [0.1, 0.15) is 12.5 Å². The third kappa shape index (κ3) is 3.11. The molecular weight excluding hydrogens is 270 g/mol. The van der Waals surface area contributed by atoms with Gasteiger partial charge >= 0.3 is 0 Å². The van der Waals surface area contributed by atoms with Crippen molar-refractivity contribution in [3.63, 3.8) is 0 Å². The molecule has 21 heavy (non-hydrogen) atoms. The number of fused-ring (bicyclic) bond motifs is 1. The van der Waals surface area contributed by atoms with Crippen molar-refractivity contribution in [1.29, 1.82) is 0 Å². The predicted octanol–water partition coefficient (Wildman–Crippen LogP) is 1.80. The van der Waals surface area contributed by atoms with Crippen molar-refractivity contribution < 1.29 is 14.2 Å². The molecule has 0 saturated heterocycles. The van der Waals surface area contributed by atoms with Gasteiger partial charge in [0, 0.05) is 31.5 Å². The molecule has 1 N–H and O–H groups in total. The lowest BCUT2D eigenvalue weighted by molar-refractivity contribution is 0.171. The van der Waals surface area contributed by atoms with Crippen LogP contribution in [-0.4, -0.2) is 29.5 Å². The molecule has 6 heteroatoms. The van der Waals surface area contributed by atoms with Gasteiger partial charge in [0.05, 0.1) is 13.4 Å². The fourth-order valence-corrected chi connectivity index (χ4v) is 2.35. The van der Waals surface area contributed by atoms with E-state index in [1.807, 2.05) is 24.7 Å². The van der Waals surface area contributed by atoms with E-state index >= 15 is 0 Å². The average Bonchev–Trinajstić information content (AvgIpc) is 3.15. The summed E-state index contributed by atoms with van der Waals surface area (Å²) in [6.45, 7) is 4.01. The number of benzene rings is 1. The molecule has 1 aromatic heterocycles. The minimum atomic E-state index is 0.250. The number of rotatable bonds is 6. The zero-order chi connectivity index (χ0) is 14.7. The van der Waals surface area contributed by atoms with Gasteiger partial charge < -0.3 is 24.1 Å². The van der Waals surface area contributed by atoms with Gasteiger partial charge in [-0.25, -0.2) is 4.98 Å². The number of methoxy groups -OCH3 is 1. The maximum Gasteiger partial charge on any atom is 0.231 e. The van der Waals surface area contributed by atoms with Crippen LogP contribution in [0.15, 0.2) is 30.9 Å². The van der Waals surface area contributed by atoms with Gasteiger partial charge in [0.15, 0.2) is 11.5 Å². The van der Waals surface area contributed by atoms with Gasteiger partial charge in [-0.1, -0.05) is 0 Å². The van der Waals surface area contributed by atoms with E-state index in [1.54, 1.807) is 13.3 Å². The molecular formula is C15H19N3O3. The SMILES string of the molecule is COc1cc(CN[C@@H](C)Cn2ccnc2)cc2c1OCO2. The van der Waals surface area contributed by atoms with Gasteiger partial charge in [0.2, 0.25) is 12.5 Å². The fourth-order valence-electron chi connectivity index (χ4n) is 2.35. The molecule has 0 aliphatic carbocycles. The molecule has 0 bridgehead atoms. The highest BCUT2D eigenvalue weighted by molar-refractivity contribution is 5.55. The van der Waals surface area contributed by atoms with E-state index in [2.05, 4.69) is 21.8 Å². The van der Waals surface area contributed by atoms with E-state index in [0.717, 1.165) is 24.4 Å². The molecule has 0 spiro atoms. The third-order valence-electron chi connectivity index (χ3n) is 3.42. The Balaban J connectivity index is 1.62. The number of aromatic nitrogens is 2. The third-order valence-corrected chi connectivity index (χ3v) is 3.42. The maximum absolute atomic E-state index is 5.43. The Bertz CT molecular complexity index is 598. The van der Waals surface area contributed by atoms with Gasteiger partial charge in [-0.05, 0) is 24.6 Å². The molecule has 0 saturated carbocycles. The Kier molecular flexibility index (Phi) is 3.96. The monoisotopic (exact) mass is 289 g/mol. The summed E-state index contributed by atoms with van der Waals surface area (Å²) in [7, 11) is 1.64. The highest BCUT2D eigenvalue weighted by Crippen LogP contribution is 2.41. The summed E-state index contributed by atoms with van der Waals surface area (Å²) < 4.78 is 18.2. The van der Waals surface area contributed by atoms with E-state index in [-0.39, 0.29) is 6.79 Å². The van der Waals surface area contributed by atoms with Gasteiger partial charge in [-0.15, -0.1) is 0 Å². The first-order valence-electron chi connectivity index (χ1n) is 6.92. The van der Waals surface area contributed by atoms with Crippen LogP contribution in [0.4, 0.5) is 0 Å². The van der Waals surface area contributed by atoms with E-state index in [1.165, 1.54) is 0 Å². The lowest BCUT2D eigenvalue weighted by Gasteiger charge is -2.15. The molecule has 0 radical (unpaired) electrons. The van der Waals surface area contributed by atoms with Gasteiger partial charge in [-0.2, -0.15) is 0 Å². The van der Waals surface area contributed by atoms with E-state index in [4.69, 9.17) is 14.2 Å². The largest absolute Gasteiger partial charge is 0.493 e. The summed E-state index contributed by atoms with van der Waals surface area (Å²) in [5, 5.41) is 3.48. The highest BCUT2D eigenvalue weighted by atomic mass is 16.7. The Labute approximate surface area is 123 Å². The van der Waals surface area contributed by atoms with Crippen LogP contribution in [-0.2, 0) is 13.1 Å². The molecule has 2 aromatic rings. The van der Waals surface area contributed by atoms with Crippen molar-refractivity contribution in [2.75, 3.05) is 13.9 Å². The number of nitrogens with zero attached hydrogens (tertiary/aromatic N) is 2. The van der Waals surface area contributed by atoms with E-state index in [0.29, 0.717) is 17.5 Å². The maximum atomic E-state index is 5.43. The lowest BCUT2D eigenvalue weighted by Crippen LogP contribution is -2.29.